The third-order valence-corrected chi connectivity index (χ3v) is 7.85. The largest absolute Gasteiger partial charge is 0.494 e. The molecule has 8 nitrogen and oxygen atoms in total. The van der Waals surface area contributed by atoms with Gasteiger partial charge in [0.05, 0.1) is 23.0 Å². The number of anilines is 1. The van der Waals surface area contributed by atoms with E-state index in [1.165, 1.54) is 5.56 Å². The first kappa shape index (κ1) is 29.0. The lowest BCUT2D eigenvalue weighted by Crippen LogP contribution is -2.46. The lowest BCUT2D eigenvalue weighted by atomic mass is 10.0. The van der Waals surface area contributed by atoms with Crippen molar-refractivity contribution < 1.29 is 19.0 Å². The highest BCUT2D eigenvalue weighted by molar-refractivity contribution is 6.34. The Labute approximate surface area is 237 Å². The lowest BCUT2D eigenvalue weighted by Gasteiger charge is -2.36. The molecule has 1 saturated heterocycles. The molecule has 0 spiro atoms. The Hall–Kier alpha value is -2.97. The number of aryl methyl sites for hydroxylation is 2. The number of aliphatic imine (C=N–C) groups is 1. The van der Waals surface area contributed by atoms with Crippen LogP contribution >= 0.6 is 11.6 Å². The van der Waals surface area contributed by atoms with Gasteiger partial charge in [-0.25, -0.2) is 9.79 Å². The van der Waals surface area contributed by atoms with Crippen LogP contribution in [0.4, 0.5) is 16.2 Å². The average Bonchev–Trinajstić information content (AvgIpc) is 2.95. The summed E-state index contributed by atoms with van der Waals surface area (Å²) in [5, 5.41) is 0.871. The first-order valence-corrected chi connectivity index (χ1v) is 14.5. The molecule has 2 heterocycles. The van der Waals surface area contributed by atoms with Crippen LogP contribution in [0.2, 0.25) is 5.02 Å². The highest BCUT2D eigenvalue weighted by atomic mass is 35.5. The molecule has 2 aliphatic rings. The molecule has 1 fully saturated rings. The fourth-order valence-electron chi connectivity index (χ4n) is 4.92. The molecule has 212 valence electrons. The van der Waals surface area contributed by atoms with E-state index >= 15 is 0 Å². The van der Waals surface area contributed by atoms with Gasteiger partial charge >= 0.3 is 6.09 Å². The highest BCUT2D eigenvalue weighted by Gasteiger charge is 2.19. The van der Waals surface area contributed by atoms with Gasteiger partial charge in [-0.05, 0) is 69.8 Å². The van der Waals surface area contributed by atoms with E-state index in [0.717, 1.165) is 79.7 Å². The van der Waals surface area contributed by atoms with E-state index in [-0.39, 0.29) is 12.9 Å². The number of unbranched alkanes of at least 4 members (excludes halogenated alkanes) is 1. The SMILES string of the molecule is CCN(CC)C(=O)OCOC1=Nc2cc(OCCCCN3CCN(c4cccc(C)c4Cl)CC3)ccc2CC1. The van der Waals surface area contributed by atoms with Crippen LogP contribution in [0.15, 0.2) is 41.4 Å². The van der Waals surface area contributed by atoms with Crippen molar-refractivity contribution in [2.24, 2.45) is 4.99 Å². The number of fused-ring (bicyclic) bond motifs is 1. The van der Waals surface area contributed by atoms with Gasteiger partial charge in [0, 0.05) is 51.8 Å². The van der Waals surface area contributed by atoms with Crippen LogP contribution in [-0.2, 0) is 15.9 Å². The zero-order valence-corrected chi connectivity index (χ0v) is 24.2. The number of rotatable bonds is 11. The number of hydrogen-bond acceptors (Lipinski definition) is 7. The molecule has 0 saturated carbocycles. The summed E-state index contributed by atoms with van der Waals surface area (Å²) in [4.78, 5) is 23.1. The first-order chi connectivity index (χ1) is 19.0. The number of ether oxygens (including phenoxy) is 3. The Balaban J connectivity index is 1.15. The van der Waals surface area contributed by atoms with E-state index in [0.29, 0.717) is 32.0 Å². The second-order valence-corrected chi connectivity index (χ2v) is 10.3. The molecule has 2 aliphatic heterocycles. The van der Waals surface area contributed by atoms with Crippen molar-refractivity contribution in [3.8, 4) is 5.75 Å². The van der Waals surface area contributed by atoms with Gasteiger partial charge in [-0.2, -0.15) is 0 Å². The average molecular weight is 557 g/mol. The maximum Gasteiger partial charge on any atom is 0.412 e. The van der Waals surface area contributed by atoms with Gasteiger partial charge in [-0.15, -0.1) is 0 Å². The van der Waals surface area contributed by atoms with Crippen molar-refractivity contribution in [1.29, 1.82) is 0 Å². The van der Waals surface area contributed by atoms with Gasteiger partial charge in [0.25, 0.3) is 0 Å². The molecule has 0 aromatic heterocycles. The van der Waals surface area contributed by atoms with Gasteiger partial charge in [-0.3, -0.25) is 4.90 Å². The van der Waals surface area contributed by atoms with Gasteiger partial charge in [0.1, 0.15) is 5.75 Å². The quantitative estimate of drug-likeness (QED) is 0.248. The number of amides is 1. The van der Waals surface area contributed by atoms with Gasteiger partial charge < -0.3 is 24.0 Å². The molecule has 9 heteroatoms. The first-order valence-electron chi connectivity index (χ1n) is 14.1. The summed E-state index contributed by atoms with van der Waals surface area (Å²) in [7, 11) is 0. The molecule has 0 bridgehead atoms. The van der Waals surface area contributed by atoms with E-state index in [1.54, 1.807) is 4.90 Å². The molecule has 2 aromatic carbocycles. The van der Waals surface area contributed by atoms with E-state index in [2.05, 4.69) is 46.0 Å². The third kappa shape index (κ3) is 8.02. The molecule has 0 aliphatic carbocycles. The van der Waals surface area contributed by atoms with Crippen LogP contribution < -0.4 is 9.64 Å². The number of piperazine rings is 1. The number of nitrogens with zero attached hydrogens (tertiary/aromatic N) is 4. The number of benzene rings is 2. The second kappa shape index (κ2) is 14.4. The topological polar surface area (TPSA) is 66.8 Å². The predicted molar refractivity (Wildman–Crippen MR) is 157 cm³/mol. The van der Waals surface area contributed by atoms with Crippen molar-refractivity contribution in [3.63, 3.8) is 0 Å². The minimum Gasteiger partial charge on any atom is -0.494 e. The second-order valence-electron chi connectivity index (χ2n) is 9.93. The minimum absolute atomic E-state index is 0.131. The normalized spacial score (nSPS) is 15.4. The Morgan fingerprint density at radius 1 is 1.03 bits per heavy atom. The van der Waals surface area contributed by atoms with Crippen LogP contribution in [-0.4, -0.2) is 81.0 Å². The van der Waals surface area contributed by atoms with Crippen LogP contribution in [0.25, 0.3) is 0 Å². The van der Waals surface area contributed by atoms with E-state index in [1.807, 2.05) is 26.0 Å². The summed E-state index contributed by atoms with van der Waals surface area (Å²) in [5.41, 5.74) is 4.30. The Morgan fingerprint density at radius 2 is 1.82 bits per heavy atom. The molecule has 0 unspecified atom stereocenters. The zero-order valence-electron chi connectivity index (χ0n) is 23.5. The Bertz CT molecular complexity index is 1130. The van der Waals surface area contributed by atoms with E-state index in [9.17, 15) is 4.79 Å². The molecule has 0 radical (unpaired) electrons. The summed E-state index contributed by atoms with van der Waals surface area (Å²) < 4.78 is 16.9. The number of hydrogen-bond donors (Lipinski definition) is 0. The molecule has 0 N–H and O–H groups in total. The lowest BCUT2D eigenvalue weighted by molar-refractivity contribution is 0.0293. The van der Waals surface area contributed by atoms with E-state index in [4.69, 9.17) is 25.8 Å². The predicted octanol–water partition coefficient (Wildman–Crippen LogP) is 6.06. The molecule has 2 aromatic rings. The molecular formula is C30H41ClN4O4. The smallest absolute Gasteiger partial charge is 0.412 e. The summed E-state index contributed by atoms with van der Waals surface area (Å²) >= 11 is 6.53. The van der Waals surface area contributed by atoms with Crippen LogP contribution in [0.3, 0.4) is 0 Å². The van der Waals surface area contributed by atoms with Gasteiger partial charge in [-0.1, -0.05) is 29.8 Å². The Morgan fingerprint density at radius 3 is 2.59 bits per heavy atom. The summed E-state index contributed by atoms with van der Waals surface area (Å²) in [5.74, 6) is 1.40. The molecule has 0 atom stereocenters. The Kier molecular flexibility index (Phi) is 10.7. The monoisotopic (exact) mass is 556 g/mol. The van der Waals surface area contributed by atoms with Crippen LogP contribution in [0.5, 0.6) is 5.75 Å². The molecule has 1 amide bonds. The standard InChI is InChI=1S/C30H41ClN4O4/c1-4-34(5-2)30(36)39-22-38-28-14-12-24-11-13-25(21-26(24)32-28)37-20-7-6-15-33-16-18-35(19-17-33)27-10-8-9-23(3)29(27)31/h8-11,13,21H,4-7,12,14-20,22H2,1-3H3. The zero-order chi connectivity index (χ0) is 27.6. The molecule has 4 rings (SSSR count). The fourth-order valence-corrected chi connectivity index (χ4v) is 5.17. The van der Waals surface area contributed by atoms with Crippen molar-refractivity contribution in [1.82, 2.24) is 9.80 Å². The van der Waals surface area contributed by atoms with Gasteiger partial charge in [0.15, 0.2) is 5.90 Å². The van der Waals surface area contributed by atoms with Gasteiger partial charge in [0.2, 0.25) is 6.79 Å². The van der Waals surface area contributed by atoms with Crippen molar-refractivity contribution in [3.05, 3.63) is 52.5 Å². The fraction of sp³-hybridized carbons (Fsp3) is 0.533. The maximum atomic E-state index is 12.0. The van der Waals surface area contributed by atoms with Crippen molar-refractivity contribution in [2.75, 3.05) is 64.1 Å². The van der Waals surface area contributed by atoms with E-state index < -0.39 is 0 Å². The number of halogens is 1. The summed E-state index contributed by atoms with van der Waals surface area (Å²) in [6.45, 7) is 12.8. The van der Waals surface area contributed by atoms with Crippen LogP contribution in [0.1, 0.15) is 44.2 Å². The number of carbonyl (C=O) groups is 1. The van der Waals surface area contributed by atoms with Crippen molar-refractivity contribution in [2.45, 2.75) is 46.5 Å². The number of carbonyl (C=O) groups excluding carboxylic acids is 1. The maximum absolute atomic E-state index is 12.0. The summed E-state index contributed by atoms with van der Waals surface area (Å²) in [6.07, 6.45) is 3.24. The minimum atomic E-state index is -0.373. The highest BCUT2D eigenvalue weighted by Crippen LogP contribution is 2.31. The molecule has 39 heavy (non-hydrogen) atoms. The van der Waals surface area contributed by atoms with Crippen molar-refractivity contribution >= 4 is 35.0 Å². The summed E-state index contributed by atoms with van der Waals surface area (Å²) in [6, 6.07) is 12.3. The third-order valence-electron chi connectivity index (χ3n) is 7.36. The molecular weight excluding hydrogens is 516 g/mol. The van der Waals surface area contributed by atoms with Crippen LogP contribution in [0, 0.1) is 6.92 Å².